The molecule has 0 fully saturated rings. The van der Waals surface area contributed by atoms with Crippen LogP contribution in [0.5, 0.6) is 0 Å². The average molecular weight is 288 g/mol. The highest BCUT2D eigenvalue weighted by atomic mass is 16.2. The Balaban J connectivity index is 1.91. The standard InChI is InChI=1S/C13H16N6O2/c1-8(17-13(21)19-11-6-15-16-7-11)9-2-4-10(5-3-9)18-12(14)20/h2-8H,1H3,(H,15,16)(H3,14,18,20)(H2,17,19,21)/t8-/m1/s1. The lowest BCUT2D eigenvalue weighted by molar-refractivity contribution is 0.249. The number of urea groups is 2. The van der Waals surface area contributed by atoms with Crippen LogP contribution in [-0.2, 0) is 0 Å². The fourth-order valence-corrected chi connectivity index (χ4v) is 1.76. The molecule has 1 heterocycles. The number of H-pyrrole nitrogens is 1. The molecule has 8 heteroatoms. The third kappa shape index (κ3) is 4.23. The largest absolute Gasteiger partial charge is 0.351 e. The van der Waals surface area contributed by atoms with Gasteiger partial charge in [0.1, 0.15) is 0 Å². The van der Waals surface area contributed by atoms with Crippen LogP contribution in [0.2, 0.25) is 0 Å². The number of aromatic amines is 1. The first kappa shape index (κ1) is 14.4. The Bertz CT molecular complexity index is 608. The van der Waals surface area contributed by atoms with E-state index < -0.39 is 6.03 Å². The van der Waals surface area contributed by atoms with Gasteiger partial charge in [0.2, 0.25) is 0 Å². The van der Waals surface area contributed by atoms with E-state index in [4.69, 9.17) is 5.73 Å². The minimum atomic E-state index is -0.617. The van der Waals surface area contributed by atoms with Crippen LogP contribution in [0.3, 0.4) is 0 Å². The lowest BCUT2D eigenvalue weighted by Crippen LogP contribution is -2.31. The topological polar surface area (TPSA) is 125 Å². The first-order chi connectivity index (χ1) is 10.0. The van der Waals surface area contributed by atoms with Gasteiger partial charge in [0.25, 0.3) is 0 Å². The van der Waals surface area contributed by atoms with Gasteiger partial charge in [-0.25, -0.2) is 9.59 Å². The van der Waals surface area contributed by atoms with Crippen LogP contribution >= 0.6 is 0 Å². The SMILES string of the molecule is C[C@@H](NC(=O)Nc1cn[nH]c1)c1ccc(NC(N)=O)cc1. The van der Waals surface area contributed by atoms with Gasteiger partial charge in [0.15, 0.2) is 0 Å². The van der Waals surface area contributed by atoms with Crippen LogP contribution in [0, 0.1) is 0 Å². The smallest absolute Gasteiger partial charge is 0.319 e. The monoisotopic (exact) mass is 288 g/mol. The number of anilines is 2. The molecule has 0 saturated carbocycles. The number of rotatable bonds is 4. The number of amides is 4. The molecule has 0 spiro atoms. The Kier molecular flexibility index (Phi) is 4.39. The van der Waals surface area contributed by atoms with E-state index in [1.807, 2.05) is 6.92 Å². The van der Waals surface area contributed by atoms with Crippen molar-refractivity contribution in [1.82, 2.24) is 15.5 Å². The molecular formula is C13H16N6O2. The van der Waals surface area contributed by atoms with Crippen molar-refractivity contribution in [1.29, 1.82) is 0 Å². The molecule has 0 aliphatic rings. The molecule has 110 valence electrons. The second kappa shape index (κ2) is 6.42. The van der Waals surface area contributed by atoms with E-state index in [0.29, 0.717) is 11.4 Å². The van der Waals surface area contributed by atoms with Crippen LogP contribution in [0.4, 0.5) is 21.0 Å². The maximum atomic E-state index is 11.8. The summed E-state index contributed by atoms with van der Waals surface area (Å²) in [4.78, 5) is 22.5. The normalized spacial score (nSPS) is 11.5. The molecule has 0 aliphatic heterocycles. The summed E-state index contributed by atoms with van der Waals surface area (Å²) in [5.41, 5.74) is 7.11. The summed E-state index contributed by atoms with van der Waals surface area (Å²) in [6.45, 7) is 1.85. The number of nitrogens with zero attached hydrogens (tertiary/aromatic N) is 1. The van der Waals surface area contributed by atoms with Gasteiger partial charge in [-0.2, -0.15) is 5.10 Å². The number of aromatic nitrogens is 2. The van der Waals surface area contributed by atoms with E-state index in [-0.39, 0.29) is 12.1 Å². The number of nitrogens with two attached hydrogens (primary N) is 1. The Morgan fingerprint density at radius 1 is 1.19 bits per heavy atom. The van der Waals surface area contributed by atoms with E-state index in [2.05, 4.69) is 26.1 Å². The third-order valence-electron chi connectivity index (χ3n) is 2.78. The second-order valence-electron chi connectivity index (χ2n) is 4.42. The maximum absolute atomic E-state index is 11.8. The lowest BCUT2D eigenvalue weighted by Gasteiger charge is -2.15. The van der Waals surface area contributed by atoms with E-state index >= 15 is 0 Å². The quantitative estimate of drug-likeness (QED) is 0.588. The van der Waals surface area contributed by atoms with E-state index in [1.165, 1.54) is 6.20 Å². The van der Waals surface area contributed by atoms with E-state index in [1.54, 1.807) is 30.5 Å². The van der Waals surface area contributed by atoms with Crippen molar-refractivity contribution in [2.75, 3.05) is 10.6 Å². The van der Waals surface area contributed by atoms with Crippen LogP contribution in [0.1, 0.15) is 18.5 Å². The fourth-order valence-electron chi connectivity index (χ4n) is 1.76. The molecule has 0 saturated heterocycles. The molecule has 1 aromatic heterocycles. The summed E-state index contributed by atoms with van der Waals surface area (Å²) in [5, 5.41) is 14.2. The number of benzene rings is 1. The average Bonchev–Trinajstić information content (AvgIpc) is 2.91. The van der Waals surface area contributed by atoms with E-state index in [0.717, 1.165) is 5.56 Å². The summed E-state index contributed by atoms with van der Waals surface area (Å²) in [6, 6.07) is 5.89. The van der Waals surface area contributed by atoms with Crippen molar-refractivity contribution < 1.29 is 9.59 Å². The van der Waals surface area contributed by atoms with Crippen molar-refractivity contribution in [3.05, 3.63) is 42.2 Å². The van der Waals surface area contributed by atoms with Crippen molar-refractivity contribution in [3.63, 3.8) is 0 Å². The summed E-state index contributed by atoms with van der Waals surface area (Å²) < 4.78 is 0. The summed E-state index contributed by atoms with van der Waals surface area (Å²) in [5.74, 6) is 0. The number of hydrogen-bond acceptors (Lipinski definition) is 3. The molecule has 0 unspecified atom stereocenters. The van der Waals surface area contributed by atoms with Crippen LogP contribution in [0.25, 0.3) is 0 Å². The zero-order valence-electron chi connectivity index (χ0n) is 11.4. The van der Waals surface area contributed by atoms with Crippen LogP contribution in [0.15, 0.2) is 36.7 Å². The summed E-state index contributed by atoms with van der Waals surface area (Å²) in [6.07, 6.45) is 3.09. The minimum Gasteiger partial charge on any atom is -0.351 e. The highest BCUT2D eigenvalue weighted by Gasteiger charge is 2.10. The molecular weight excluding hydrogens is 272 g/mol. The van der Waals surface area contributed by atoms with Crippen molar-refractivity contribution in [2.45, 2.75) is 13.0 Å². The zero-order chi connectivity index (χ0) is 15.2. The summed E-state index contributed by atoms with van der Waals surface area (Å²) >= 11 is 0. The predicted octanol–water partition coefficient (Wildman–Crippen LogP) is 1.78. The highest BCUT2D eigenvalue weighted by Crippen LogP contribution is 2.16. The zero-order valence-corrected chi connectivity index (χ0v) is 11.4. The maximum Gasteiger partial charge on any atom is 0.319 e. The van der Waals surface area contributed by atoms with Gasteiger partial charge in [-0.15, -0.1) is 0 Å². The number of carbonyl (C=O) groups excluding carboxylic acids is 2. The van der Waals surface area contributed by atoms with Crippen molar-refractivity contribution >= 4 is 23.4 Å². The molecule has 0 bridgehead atoms. The molecule has 2 rings (SSSR count). The summed E-state index contributed by atoms with van der Waals surface area (Å²) in [7, 11) is 0. The van der Waals surface area contributed by atoms with Crippen molar-refractivity contribution in [3.8, 4) is 0 Å². The van der Waals surface area contributed by atoms with Gasteiger partial charge < -0.3 is 21.7 Å². The van der Waals surface area contributed by atoms with Gasteiger partial charge in [-0.3, -0.25) is 5.10 Å². The molecule has 6 N–H and O–H groups in total. The van der Waals surface area contributed by atoms with Gasteiger partial charge >= 0.3 is 12.1 Å². The Labute approximate surface area is 121 Å². The molecule has 21 heavy (non-hydrogen) atoms. The Morgan fingerprint density at radius 2 is 1.90 bits per heavy atom. The predicted molar refractivity (Wildman–Crippen MR) is 78.8 cm³/mol. The molecule has 1 aromatic carbocycles. The highest BCUT2D eigenvalue weighted by molar-refractivity contribution is 5.89. The lowest BCUT2D eigenvalue weighted by atomic mass is 10.1. The second-order valence-corrected chi connectivity index (χ2v) is 4.42. The molecule has 1 atom stereocenters. The first-order valence-corrected chi connectivity index (χ1v) is 6.27. The number of nitrogens with one attached hydrogen (secondary N) is 4. The molecule has 0 aliphatic carbocycles. The van der Waals surface area contributed by atoms with Gasteiger partial charge in [0.05, 0.1) is 17.9 Å². The number of primary amides is 1. The Hall–Kier alpha value is -3.03. The van der Waals surface area contributed by atoms with Crippen LogP contribution < -0.4 is 21.7 Å². The molecule has 4 amide bonds. The fraction of sp³-hybridized carbons (Fsp3) is 0.154. The molecule has 8 nitrogen and oxygen atoms in total. The van der Waals surface area contributed by atoms with Gasteiger partial charge in [0, 0.05) is 11.9 Å². The Morgan fingerprint density at radius 3 is 2.48 bits per heavy atom. The number of hydrogen-bond donors (Lipinski definition) is 5. The number of carbonyl (C=O) groups is 2. The van der Waals surface area contributed by atoms with Crippen molar-refractivity contribution in [2.24, 2.45) is 5.73 Å². The third-order valence-corrected chi connectivity index (χ3v) is 2.78. The van der Waals surface area contributed by atoms with E-state index in [9.17, 15) is 9.59 Å². The van der Waals surface area contributed by atoms with Gasteiger partial charge in [-0.1, -0.05) is 12.1 Å². The minimum absolute atomic E-state index is 0.195. The van der Waals surface area contributed by atoms with Gasteiger partial charge in [-0.05, 0) is 24.6 Å². The van der Waals surface area contributed by atoms with Crippen LogP contribution in [-0.4, -0.2) is 22.3 Å². The molecule has 0 radical (unpaired) electrons. The first-order valence-electron chi connectivity index (χ1n) is 6.27. The molecule has 2 aromatic rings.